The van der Waals surface area contributed by atoms with Crippen LogP contribution >= 0.6 is 0 Å². The van der Waals surface area contributed by atoms with E-state index in [1.807, 2.05) is 6.92 Å². The lowest BCUT2D eigenvalue weighted by Crippen LogP contribution is -2.43. The van der Waals surface area contributed by atoms with Gasteiger partial charge in [-0.1, -0.05) is 6.42 Å². The first-order valence-corrected chi connectivity index (χ1v) is 8.39. The number of piperidine rings is 1. The third kappa shape index (κ3) is 3.71. The second kappa shape index (κ2) is 6.56. The fourth-order valence-electron chi connectivity index (χ4n) is 2.41. The molecule has 1 aliphatic heterocycles. The van der Waals surface area contributed by atoms with Crippen molar-refractivity contribution >= 4 is 10.0 Å². The van der Waals surface area contributed by atoms with Gasteiger partial charge in [0.15, 0.2) is 0 Å². The average molecular weight is 298 g/mol. The number of sulfonamides is 1. The Morgan fingerprint density at radius 1 is 1.40 bits per heavy atom. The first kappa shape index (κ1) is 15.3. The van der Waals surface area contributed by atoms with Gasteiger partial charge >= 0.3 is 0 Å². The zero-order valence-electron chi connectivity index (χ0n) is 12.0. The lowest BCUT2D eigenvalue weighted by molar-refractivity contribution is 0.398. The Labute approximate surface area is 120 Å². The van der Waals surface area contributed by atoms with Crippen LogP contribution in [0.25, 0.3) is 0 Å². The molecular weight excluding hydrogens is 276 g/mol. The van der Waals surface area contributed by atoms with Crippen molar-refractivity contribution in [1.29, 1.82) is 0 Å². The summed E-state index contributed by atoms with van der Waals surface area (Å²) in [6.45, 7) is 3.24. The molecule has 1 heterocycles. The molecule has 1 fully saturated rings. The van der Waals surface area contributed by atoms with E-state index in [1.54, 1.807) is 25.3 Å². The number of nitrogens with one attached hydrogen (secondary N) is 2. The number of methoxy groups -OCH3 is 1. The van der Waals surface area contributed by atoms with Crippen LogP contribution < -0.4 is 14.8 Å². The zero-order valence-corrected chi connectivity index (χ0v) is 12.8. The van der Waals surface area contributed by atoms with Gasteiger partial charge in [0.05, 0.1) is 12.0 Å². The number of hydrogen-bond acceptors (Lipinski definition) is 4. The van der Waals surface area contributed by atoms with Crippen molar-refractivity contribution in [1.82, 2.24) is 10.0 Å². The van der Waals surface area contributed by atoms with Crippen molar-refractivity contribution in [3.63, 3.8) is 0 Å². The van der Waals surface area contributed by atoms with Crippen molar-refractivity contribution < 1.29 is 13.2 Å². The molecule has 2 rings (SSSR count). The van der Waals surface area contributed by atoms with Gasteiger partial charge in [0.25, 0.3) is 0 Å². The van der Waals surface area contributed by atoms with Crippen LogP contribution in [0.1, 0.15) is 24.8 Å². The normalized spacial score (nSPS) is 19.8. The van der Waals surface area contributed by atoms with E-state index in [9.17, 15) is 8.42 Å². The summed E-state index contributed by atoms with van der Waals surface area (Å²) in [4.78, 5) is 0.284. The highest BCUT2D eigenvalue weighted by atomic mass is 32.2. The molecule has 0 aliphatic carbocycles. The monoisotopic (exact) mass is 298 g/mol. The van der Waals surface area contributed by atoms with Gasteiger partial charge < -0.3 is 10.1 Å². The highest BCUT2D eigenvalue weighted by Crippen LogP contribution is 2.21. The molecule has 6 heteroatoms. The summed E-state index contributed by atoms with van der Waals surface area (Å²) in [5, 5.41) is 3.33. The molecule has 112 valence electrons. The smallest absolute Gasteiger partial charge is 0.240 e. The van der Waals surface area contributed by atoms with Crippen LogP contribution in [0.2, 0.25) is 0 Å². The molecule has 0 saturated carbocycles. The lowest BCUT2D eigenvalue weighted by atomic mass is 10.1. The van der Waals surface area contributed by atoms with Gasteiger partial charge in [-0.05, 0) is 50.1 Å². The van der Waals surface area contributed by atoms with Gasteiger partial charge in [0.1, 0.15) is 5.75 Å². The molecule has 0 bridgehead atoms. The molecule has 1 aromatic rings. The maximum absolute atomic E-state index is 12.2. The van der Waals surface area contributed by atoms with E-state index < -0.39 is 10.0 Å². The van der Waals surface area contributed by atoms with Crippen LogP contribution in [-0.4, -0.2) is 34.7 Å². The van der Waals surface area contributed by atoms with Crippen LogP contribution in [-0.2, 0) is 10.0 Å². The summed E-state index contributed by atoms with van der Waals surface area (Å²) >= 11 is 0. The van der Waals surface area contributed by atoms with Crippen LogP contribution in [0.4, 0.5) is 0 Å². The Morgan fingerprint density at radius 3 is 2.80 bits per heavy atom. The Balaban J connectivity index is 2.04. The second-order valence-electron chi connectivity index (χ2n) is 5.13. The first-order chi connectivity index (χ1) is 9.53. The van der Waals surface area contributed by atoms with Crippen LogP contribution in [0, 0.1) is 6.92 Å². The van der Waals surface area contributed by atoms with E-state index in [4.69, 9.17) is 4.74 Å². The van der Waals surface area contributed by atoms with Gasteiger partial charge in [-0.25, -0.2) is 13.1 Å². The van der Waals surface area contributed by atoms with Crippen molar-refractivity contribution in [2.24, 2.45) is 0 Å². The summed E-state index contributed by atoms with van der Waals surface area (Å²) in [7, 11) is -1.88. The number of hydrogen-bond donors (Lipinski definition) is 2. The summed E-state index contributed by atoms with van der Waals surface area (Å²) in [5.41, 5.74) is 0.811. The summed E-state index contributed by atoms with van der Waals surface area (Å²) in [6.07, 6.45) is 3.34. The number of rotatable bonds is 5. The molecule has 1 aliphatic rings. The van der Waals surface area contributed by atoms with E-state index in [1.165, 1.54) is 6.42 Å². The van der Waals surface area contributed by atoms with Gasteiger partial charge in [0, 0.05) is 12.6 Å². The standard InChI is InChI=1S/C14H22N2O3S/c1-11-9-13(6-7-14(11)19-2)20(17,18)16-10-12-5-3-4-8-15-12/h6-7,9,12,15-16H,3-5,8,10H2,1-2H3/t12-/m1/s1. The Kier molecular flexibility index (Phi) is 5.01. The van der Waals surface area contributed by atoms with Gasteiger partial charge in [-0.15, -0.1) is 0 Å². The molecule has 0 unspecified atom stereocenters. The predicted octanol–water partition coefficient (Wildman–Crippen LogP) is 1.42. The van der Waals surface area contributed by atoms with Crippen molar-refractivity contribution in [3.05, 3.63) is 23.8 Å². The summed E-state index contributed by atoms with van der Waals surface area (Å²) in [5.74, 6) is 0.692. The number of ether oxygens (including phenoxy) is 1. The fourth-order valence-corrected chi connectivity index (χ4v) is 3.58. The topological polar surface area (TPSA) is 67.4 Å². The average Bonchev–Trinajstić information content (AvgIpc) is 2.46. The van der Waals surface area contributed by atoms with Crippen molar-refractivity contribution in [2.75, 3.05) is 20.2 Å². The minimum absolute atomic E-state index is 0.234. The molecule has 0 spiro atoms. The zero-order chi connectivity index (χ0) is 14.6. The van der Waals surface area contributed by atoms with Crippen LogP contribution in [0.5, 0.6) is 5.75 Å². The molecule has 1 atom stereocenters. The maximum atomic E-state index is 12.2. The van der Waals surface area contributed by atoms with Gasteiger partial charge in [0.2, 0.25) is 10.0 Å². The van der Waals surface area contributed by atoms with E-state index in [2.05, 4.69) is 10.0 Å². The molecule has 1 saturated heterocycles. The lowest BCUT2D eigenvalue weighted by Gasteiger charge is -2.23. The third-order valence-electron chi connectivity index (χ3n) is 3.61. The summed E-state index contributed by atoms with van der Waals surface area (Å²) < 4.78 is 32.3. The quantitative estimate of drug-likeness (QED) is 0.863. The highest BCUT2D eigenvalue weighted by molar-refractivity contribution is 7.89. The largest absolute Gasteiger partial charge is 0.496 e. The van der Waals surface area contributed by atoms with E-state index >= 15 is 0 Å². The molecule has 0 amide bonds. The minimum atomic E-state index is -3.45. The number of benzene rings is 1. The van der Waals surface area contributed by atoms with Gasteiger partial charge in [-0.3, -0.25) is 0 Å². The highest BCUT2D eigenvalue weighted by Gasteiger charge is 2.19. The molecule has 5 nitrogen and oxygen atoms in total. The maximum Gasteiger partial charge on any atom is 0.240 e. The molecule has 20 heavy (non-hydrogen) atoms. The second-order valence-corrected chi connectivity index (χ2v) is 6.90. The van der Waals surface area contributed by atoms with Gasteiger partial charge in [-0.2, -0.15) is 0 Å². The molecule has 1 aromatic carbocycles. The number of aryl methyl sites for hydroxylation is 1. The predicted molar refractivity (Wildman–Crippen MR) is 78.6 cm³/mol. The summed E-state index contributed by atoms with van der Waals surface area (Å²) in [6, 6.07) is 5.12. The molecular formula is C14H22N2O3S. The molecule has 0 radical (unpaired) electrons. The van der Waals surface area contributed by atoms with E-state index in [-0.39, 0.29) is 10.9 Å². The Hall–Kier alpha value is -1.11. The Bertz CT molecular complexity index is 552. The van der Waals surface area contributed by atoms with Crippen LogP contribution in [0.15, 0.2) is 23.1 Å². The third-order valence-corrected chi connectivity index (χ3v) is 5.03. The van der Waals surface area contributed by atoms with Crippen molar-refractivity contribution in [3.8, 4) is 5.75 Å². The Morgan fingerprint density at radius 2 is 2.20 bits per heavy atom. The minimum Gasteiger partial charge on any atom is -0.496 e. The SMILES string of the molecule is COc1ccc(S(=O)(=O)NC[C@H]2CCCCN2)cc1C. The van der Waals surface area contributed by atoms with Crippen molar-refractivity contribution in [2.45, 2.75) is 37.1 Å². The molecule has 0 aromatic heterocycles. The van der Waals surface area contributed by atoms with E-state index in [0.29, 0.717) is 12.3 Å². The first-order valence-electron chi connectivity index (χ1n) is 6.90. The van der Waals surface area contributed by atoms with E-state index in [0.717, 1.165) is 24.9 Å². The molecule has 2 N–H and O–H groups in total. The van der Waals surface area contributed by atoms with Crippen LogP contribution in [0.3, 0.4) is 0 Å². The fraction of sp³-hybridized carbons (Fsp3) is 0.571.